The lowest BCUT2D eigenvalue weighted by Gasteiger charge is -2.20. The Morgan fingerprint density at radius 3 is 2.08 bits per heavy atom. The first-order valence-corrected chi connectivity index (χ1v) is 24.9. The number of nitrogens with zero attached hydrogens (tertiary/aromatic N) is 6. The van der Waals surface area contributed by atoms with Gasteiger partial charge in [-0.3, -0.25) is 23.7 Å². The molecule has 65 heavy (non-hydrogen) atoms. The maximum atomic E-state index is 12.9. The van der Waals surface area contributed by atoms with Gasteiger partial charge >= 0.3 is 23.5 Å². The van der Waals surface area contributed by atoms with E-state index in [2.05, 4.69) is 95.6 Å². The summed E-state index contributed by atoms with van der Waals surface area (Å²) in [5.41, 5.74) is 9.03. The number of carbonyl (C=O) groups is 1. The number of hydrogen-bond acceptors (Lipinski definition) is 17. The fourth-order valence-corrected chi connectivity index (χ4v) is 10.3. The van der Waals surface area contributed by atoms with E-state index < -0.39 is 60.2 Å². The number of anilines is 4. The highest BCUT2D eigenvalue weighted by atomic mass is 31.3. The van der Waals surface area contributed by atoms with Gasteiger partial charge in [-0.1, -0.05) is 12.8 Å². The van der Waals surface area contributed by atoms with E-state index in [-0.39, 0.29) is 29.0 Å². The van der Waals surface area contributed by atoms with Gasteiger partial charge in [-0.2, -0.15) is 18.2 Å². The summed E-state index contributed by atoms with van der Waals surface area (Å²) in [4.78, 5) is 77.3. The molecule has 1 fully saturated rings. The van der Waals surface area contributed by atoms with Crippen LogP contribution in [-0.4, -0.2) is 121 Å². The van der Waals surface area contributed by atoms with Crippen molar-refractivity contribution in [3.05, 3.63) is 52.8 Å². The molecule has 0 aliphatic carbocycles. The van der Waals surface area contributed by atoms with Crippen LogP contribution in [0, 0.1) is 0 Å². The second-order valence-electron chi connectivity index (χ2n) is 15.7. The summed E-state index contributed by atoms with van der Waals surface area (Å²) < 4.78 is 56.0. The van der Waals surface area contributed by atoms with E-state index in [1.807, 2.05) is 28.2 Å². The van der Waals surface area contributed by atoms with Crippen LogP contribution in [0.25, 0.3) is 33.0 Å². The number of nitrogens with two attached hydrogens (primary N) is 1. The van der Waals surface area contributed by atoms with Crippen LogP contribution in [0.15, 0.2) is 47.3 Å². The number of aryl methyl sites for hydroxylation is 1. The average molecular weight is 972 g/mol. The first-order chi connectivity index (χ1) is 30.5. The van der Waals surface area contributed by atoms with E-state index >= 15 is 0 Å². The van der Waals surface area contributed by atoms with Crippen LogP contribution in [0.4, 0.5) is 23.3 Å². The Bertz CT molecular complexity index is 2670. The van der Waals surface area contributed by atoms with Crippen molar-refractivity contribution in [3.8, 4) is 0 Å². The largest absolute Gasteiger partial charge is 0.490 e. The number of aromatic nitrogens is 5. The molecule has 1 saturated heterocycles. The smallest absolute Gasteiger partial charge is 0.387 e. The van der Waals surface area contributed by atoms with Gasteiger partial charge in [0.2, 0.25) is 28.8 Å². The standard InChI is InChI=1S/C37H53N10O15P3/c1-44(2)24-13-11-22-18-23-12-14-25(45(3)4)20-27(23)46(26(22)19-24)17-9-10-29(48)39-15-7-5-6-8-16-40-37-41-30-33(42-36(38)43-34(30)51)47(37)35-32(50)31(49)28(60-35)21-59-64(55,56)62-65(57,58)61-63(52,53)54/h11-14,18-20,28,31-32,35,49-50H,5-10,15-17,21H2,1-4H3,(H8-,38,39,40,41,42,43,48,51,52,53,54,55,56,57,58)/p+1/t28-,31-,32-,35-/m1/s1. The minimum Gasteiger partial charge on any atom is -0.387 e. The SMILES string of the molecule is CN(C)c1ccc2cc3ccc(N(C)C)cc3[n+](CCCC(=O)NCCCCCCNc3nc4c(=O)[nH]c(N)nc4n3[C@@H]3O[C@H](COP(=O)(O)OP(=O)(O)OP(=O)(O)O)[C@@H](O)[C@H]3O)c2c1. The van der Waals surface area contributed by atoms with E-state index in [9.17, 15) is 43.3 Å². The highest BCUT2D eigenvalue weighted by Crippen LogP contribution is 2.66. The number of pyridine rings is 1. The van der Waals surface area contributed by atoms with E-state index in [0.29, 0.717) is 45.3 Å². The van der Waals surface area contributed by atoms with Crippen LogP contribution >= 0.6 is 23.5 Å². The fraction of sp³-hybridized carbons (Fsp3) is 0.486. The number of nitrogens with one attached hydrogen (secondary N) is 3. The van der Waals surface area contributed by atoms with Crippen LogP contribution in [0.1, 0.15) is 44.8 Å². The Morgan fingerprint density at radius 2 is 1.48 bits per heavy atom. The van der Waals surface area contributed by atoms with Crippen LogP contribution < -0.4 is 36.3 Å². The molecule has 11 N–H and O–H groups in total. The topological polar surface area (TPSA) is 351 Å². The molecule has 4 heterocycles. The molecule has 0 spiro atoms. The molecule has 2 aromatic carbocycles. The van der Waals surface area contributed by atoms with Gasteiger partial charge in [-0.05, 0) is 43.2 Å². The number of phosphoric ester groups is 1. The number of hydrogen-bond donors (Lipinski definition) is 10. The summed E-state index contributed by atoms with van der Waals surface area (Å²) in [5.74, 6) is -0.374. The molecule has 1 aliphatic rings. The van der Waals surface area contributed by atoms with Gasteiger partial charge in [0.1, 0.15) is 24.9 Å². The number of rotatable bonds is 22. The molecule has 3 aromatic heterocycles. The Morgan fingerprint density at radius 1 is 0.862 bits per heavy atom. The fourth-order valence-electron chi connectivity index (χ4n) is 7.31. The maximum absolute atomic E-state index is 12.9. The van der Waals surface area contributed by atoms with Gasteiger partial charge < -0.3 is 60.7 Å². The number of phosphoric acid groups is 3. The maximum Gasteiger partial charge on any atom is 0.490 e. The number of H-pyrrole nitrogens is 1. The molecular weight excluding hydrogens is 917 g/mol. The predicted molar refractivity (Wildman–Crippen MR) is 238 cm³/mol. The number of aromatic amines is 1. The second kappa shape index (κ2) is 20.5. The molecule has 1 amide bonds. The lowest BCUT2D eigenvalue weighted by molar-refractivity contribution is -0.645. The zero-order chi connectivity index (χ0) is 47.4. The average Bonchev–Trinajstić information content (AvgIpc) is 3.70. The number of aliphatic hydroxyl groups excluding tert-OH is 2. The third kappa shape index (κ3) is 12.7. The first-order valence-electron chi connectivity index (χ1n) is 20.4. The van der Waals surface area contributed by atoms with Crippen molar-refractivity contribution >= 4 is 85.6 Å². The highest BCUT2D eigenvalue weighted by molar-refractivity contribution is 7.66. The molecule has 1 aliphatic heterocycles. The number of nitrogen functional groups attached to an aromatic ring is 1. The number of ether oxygens (including phenoxy) is 1. The number of benzene rings is 2. The second-order valence-corrected chi connectivity index (χ2v) is 20.1. The molecule has 2 unspecified atom stereocenters. The van der Waals surface area contributed by atoms with Crippen molar-refractivity contribution < 1.29 is 70.7 Å². The molecule has 0 radical (unpaired) electrons. The van der Waals surface area contributed by atoms with E-state index in [1.54, 1.807) is 0 Å². The molecule has 25 nitrogen and oxygen atoms in total. The summed E-state index contributed by atoms with van der Waals surface area (Å²) in [6.45, 7) is 0.372. The van der Waals surface area contributed by atoms with Crippen molar-refractivity contribution in [3.63, 3.8) is 0 Å². The van der Waals surface area contributed by atoms with Crippen LogP contribution in [0.2, 0.25) is 0 Å². The van der Waals surface area contributed by atoms with Crippen LogP contribution in [-0.2, 0) is 42.9 Å². The van der Waals surface area contributed by atoms with Gasteiger partial charge in [-0.25, -0.2) is 18.7 Å². The minimum absolute atomic E-state index is 0.0217. The van der Waals surface area contributed by atoms with Crippen molar-refractivity contribution in [1.82, 2.24) is 24.8 Å². The lowest BCUT2D eigenvalue weighted by atomic mass is 10.1. The molecule has 5 aromatic rings. The van der Waals surface area contributed by atoms with Gasteiger partial charge in [0.05, 0.1) is 6.61 Å². The van der Waals surface area contributed by atoms with Gasteiger partial charge in [0.15, 0.2) is 17.4 Å². The minimum atomic E-state index is -5.82. The Hall–Kier alpha value is -4.58. The van der Waals surface area contributed by atoms with Crippen LogP contribution in [0.5, 0.6) is 0 Å². The monoisotopic (exact) mass is 971 g/mol. The Kier molecular flexibility index (Phi) is 15.7. The Balaban J connectivity index is 0.996. The van der Waals surface area contributed by atoms with E-state index in [4.69, 9.17) is 20.3 Å². The van der Waals surface area contributed by atoms with E-state index in [0.717, 1.165) is 50.6 Å². The summed E-state index contributed by atoms with van der Waals surface area (Å²) >= 11 is 0. The van der Waals surface area contributed by atoms with Gasteiger partial charge in [-0.15, -0.1) is 0 Å². The zero-order valence-electron chi connectivity index (χ0n) is 35.9. The van der Waals surface area contributed by atoms with Crippen molar-refractivity contribution in [2.75, 3.05) is 68.7 Å². The number of aliphatic hydroxyl groups is 2. The zero-order valence-corrected chi connectivity index (χ0v) is 38.6. The molecule has 0 saturated carbocycles. The molecule has 6 atom stereocenters. The number of unbranched alkanes of at least 4 members (excludes halogenated alkanes) is 3. The molecule has 28 heteroatoms. The normalized spacial score (nSPS) is 19.7. The Labute approximate surface area is 371 Å². The highest BCUT2D eigenvalue weighted by Gasteiger charge is 2.48. The number of carbonyl (C=O) groups excluding carboxylic acids is 1. The first kappa shape index (κ1) is 49.8. The number of imidazole rings is 1. The van der Waals surface area contributed by atoms with Gasteiger partial charge in [0.25, 0.3) is 5.56 Å². The van der Waals surface area contributed by atoms with Crippen LogP contribution in [0.3, 0.4) is 0 Å². The number of amides is 1. The van der Waals surface area contributed by atoms with Crippen molar-refractivity contribution in [1.29, 1.82) is 0 Å². The molecule has 356 valence electrons. The third-order valence-electron chi connectivity index (χ3n) is 10.4. The summed E-state index contributed by atoms with van der Waals surface area (Å²) in [6, 6.07) is 15.0. The summed E-state index contributed by atoms with van der Waals surface area (Å²) in [7, 11) is -9.03. The quantitative estimate of drug-likeness (QED) is 0.0205. The van der Waals surface area contributed by atoms with E-state index in [1.165, 1.54) is 0 Å². The molecule has 0 bridgehead atoms. The summed E-state index contributed by atoms with van der Waals surface area (Å²) in [5, 5.41) is 30.0. The third-order valence-corrected chi connectivity index (χ3v) is 14.2. The van der Waals surface area contributed by atoms with Crippen molar-refractivity contribution in [2.45, 2.75) is 69.6 Å². The molecular formula is C37H54N10O15P3+. The van der Waals surface area contributed by atoms with Crippen molar-refractivity contribution in [2.24, 2.45) is 0 Å². The lowest BCUT2D eigenvalue weighted by Crippen LogP contribution is -2.37. The summed E-state index contributed by atoms with van der Waals surface area (Å²) in [6.07, 6.45) is -3.01. The van der Waals surface area contributed by atoms with Gasteiger partial charge in [0, 0.05) is 88.4 Å². The molecule has 6 rings (SSSR count). The number of fused-ring (bicyclic) bond motifs is 3. The predicted octanol–water partition coefficient (Wildman–Crippen LogP) is 1.96.